The third kappa shape index (κ3) is 6.72. The lowest BCUT2D eigenvalue weighted by Gasteiger charge is -2.27. The van der Waals surface area contributed by atoms with E-state index in [1.54, 1.807) is 13.8 Å². The summed E-state index contributed by atoms with van der Waals surface area (Å²) in [6.45, 7) is 15.1. The van der Waals surface area contributed by atoms with Gasteiger partial charge >= 0.3 is 0 Å². The molecule has 2 unspecified atom stereocenters. The van der Waals surface area contributed by atoms with Crippen molar-refractivity contribution < 1.29 is 29.3 Å². The average Bonchev–Trinajstić information content (AvgIpc) is 2.80. The third-order valence-corrected chi connectivity index (χ3v) is 5.87. The summed E-state index contributed by atoms with van der Waals surface area (Å²) in [5.41, 5.74) is 1.89. The maximum absolute atomic E-state index is 10.9. The van der Waals surface area contributed by atoms with E-state index in [0.29, 0.717) is 11.5 Å². The second-order valence-corrected chi connectivity index (χ2v) is 8.72. The molecule has 33 heavy (non-hydrogen) atoms. The molecule has 0 amide bonds. The molecule has 0 aliphatic rings. The van der Waals surface area contributed by atoms with E-state index >= 15 is 0 Å². The van der Waals surface area contributed by atoms with Crippen LogP contribution in [0.25, 0.3) is 0 Å². The van der Waals surface area contributed by atoms with Gasteiger partial charge in [-0.05, 0) is 46.5 Å². The molecule has 6 nitrogen and oxygen atoms in total. The Balaban J connectivity index is 2.01. The molecule has 0 aliphatic carbocycles. The first-order valence-electron chi connectivity index (χ1n) is 10.7. The summed E-state index contributed by atoms with van der Waals surface area (Å²) in [5.74, 6) is -1.95. The van der Waals surface area contributed by atoms with Crippen molar-refractivity contribution in [1.82, 2.24) is 0 Å². The van der Waals surface area contributed by atoms with E-state index in [-0.39, 0.29) is 41.6 Å². The summed E-state index contributed by atoms with van der Waals surface area (Å²) < 4.78 is 11.4. The fourth-order valence-electron chi connectivity index (χ4n) is 3.15. The fraction of sp³-hybridized carbons (Fsp3) is 0.333. The predicted octanol–water partition coefficient (Wildman–Crippen LogP) is 2.65. The zero-order chi connectivity index (χ0) is 24.8. The van der Waals surface area contributed by atoms with Gasteiger partial charge in [-0.15, -0.1) is 0 Å². The quantitative estimate of drug-likeness (QED) is 0.461. The minimum absolute atomic E-state index is 0.0125. The number of aliphatic carboxylic acids is 2. The molecule has 0 fully saturated rings. The number of hydrogen-bond donors (Lipinski definition) is 0. The van der Waals surface area contributed by atoms with Crippen LogP contribution in [-0.2, 0) is 15.0 Å². The molecule has 0 heterocycles. The van der Waals surface area contributed by atoms with E-state index in [9.17, 15) is 19.8 Å². The molecule has 0 saturated heterocycles. The van der Waals surface area contributed by atoms with Crippen LogP contribution in [0.5, 0.6) is 11.5 Å². The summed E-state index contributed by atoms with van der Waals surface area (Å²) in [7, 11) is 0. The molecule has 2 atom stereocenters. The highest BCUT2D eigenvalue weighted by atomic mass is 16.5. The lowest BCUT2D eigenvalue weighted by atomic mass is 9.78. The normalized spacial score (nSPS) is 13.0. The van der Waals surface area contributed by atoms with Crippen LogP contribution in [0.15, 0.2) is 72.8 Å². The Kier molecular flexibility index (Phi) is 8.46. The van der Waals surface area contributed by atoms with Gasteiger partial charge in [-0.2, -0.15) is 0 Å². The van der Waals surface area contributed by atoms with Gasteiger partial charge in [0.1, 0.15) is 11.5 Å². The molecule has 6 heteroatoms. The molecule has 0 radical (unpaired) electrons. The third-order valence-electron chi connectivity index (χ3n) is 5.87. The number of ether oxygens (including phenoxy) is 2. The van der Waals surface area contributed by atoms with E-state index < -0.39 is 11.9 Å². The zero-order valence-electron chi connectivity index (χ0n) is 19.6. The highest BCUT2D eigenvalue weighted by Gasteiger charge is 2.23. The topological polar surface area (TPSA) is 98.7 Å². The van der Waals surface area contributed by atoms with Crippen molar-refractivity contribution in [3.05, 3.63) is 84.0 Å². The molecule has 0 N–H and O–H groups in total. The molecule has 0 saturated carbocycles. The van der Waals surface area contributed by atoms with Gasteiger partial charge in [0.15, 0.2) is 0 Å². The Morgan fingerprint density at radius 2 is 1.06 bits per heavy atom. The Morgan fingerprint density at radius 1 is 0.758 bits per heavy atom. The fourth-order valence-corrected chi connectivity index (χ4v) is 3.15. The van der Waals surface area contributed by atoms with Gasteiger partial charge in [-0.1, -0.05) is 65.1 Å². The Hall–Kier alpha value is -3.54. The summed E-state index contributed by atoms with van der Waals surface area (Å²) >= 11 is 0. The largest absolute Gasteiger partial charge is 0.545 e. The van der Waals surface area contributed by atoms with Crippen LogP contribution in [0, 0.1) is 11.8 Å². The highest BCUT2D eigenvalue weighted by molar-refractivity contribution is 5.84. The van der Waals surface area contributed by atoms with Crippen molar-refractivity contribution in [2.45, 2.75) is 33.1 Å². The van der Waals surface area contributed by atoms with Crippen LogP contribution in [-0.4, -0.2) is 25.2 Å². The van der Waals surface area contributed by atoms with Crippen LogP contribution in [0.1, 0.15) is 38.8 Å². The number of carboxylic acid groups (broad SMARTS) is 2. The average molecular weight is 451 g/mol. The number of hydrogen-bond acceptors (Lipinski definition) is 6. The first-order valence-corrected chi connectivity index (χ1v) is 10.7. The van der Waals surface area contributed by atoms with Gasteiger partial charge in [-0.3, -0.25) is 0 Å². The van der Waals surface area contributed by atoms with Crippen molar-refractivity contribution in [2.24, 2.45) is 11.8 Å². The van der Waals surface area contributed by atoms with E-state index in [0.717, 1.165) is 11.1 Å². The Labute approximate surface area is 195 Å². The monoisotopic (exact) mass is 450 g/mol. The minimum Gasteiger partial charge on any atom is -0.545 e. The van der Waals surface area contributed by atoms with E-state index in [4.69, 9.17) is 9.47 Å². The summed E-state index contributed by atoms with van der Waals surface area (Å²) in [5, 5.41) is 21.8. The molecular weight excluding hydrogens is 420 g/mol. The van der Waals surface area contributed by atoms with Crippen molar-refractivity contribution in [1.29, 1.82) is 0 Å². The number of carbonyl (C=O) groups excluding carboxylic acids is 2. The second kappa shape index (κ2) is 10.9. The first kappa shape index (κ1) is 25.7. The molecule has 0 bridgehead atoms. The number of benzene rings is 2. The van der Waals surface area contributed by atoms with Crippen LogP contribution in [0.3, 0.4) is 0 Å². The molecule has 0 aromatic heterocycles. The lowest BCUT2D eigenvalue weighted by molar-refractivity contribution is -0.301. The molecule has 0 aliphatic heterocycles. The maximum atomic E-state index is 10.9. The number of rotatable bonds is 12. The van der Waals surface area contributed by atoms with Gasteiger partial charge in [0, 0.05) is 17.3 Å². The van der Waals surface area contributed by atoms with Gasteiger partial charge in [-0.25, -0.2) is 0 Å². The van der Waals surface area contributed by atoms with Crippen molar-refractivity contribution in [3.8, 4) is 11.5 Å². The molecule has 2 rings (SSSR count). The molecule has 0 spiro atoms. The van der Waals surface area contributed by atoms with Crippen LogP contribution < -0.4 is 19.7 Å². The summed E-state index contributed by atoms with van der Waals surface area (Å²) in [6, 6.07) is 15.3. The van der Waals surface area contributed by atoms with Crippen molar-refractivity contribution >= 4 is 11.9 Å². The Morgan fingerprint density at radius 3 is 1.33 bits per heavy atom. The van der Waals surface area contributed by atoms with Crippen molar-refractivity contribution in [3.63, 3.8) is 0 Å². The maximum Gasteiger partial charge on any atom is 0.119 e. The molecule has 2 aromatic carbocycles. The van der Waals surface area contributed by atoms with E-state index in [1.165, 1.54) is 0 Å². The Bertz CT molecular complexity index is 920. The van der Waals surface area contributed by atoms with Crippen LogP contribution >= 0.6 is 0 Å². The van der Waals surface area contributed by atoms with E-state index in [1.807, 2.05) is 48.5 Å². The summed E-state index contributed by atoms with van der Waals surface area (Å²) in [4.78, 5) is 21.8. The molecular formula is C27H30O6-2. The molecule has 2 aromatic rings. The minimum atomic E-state index is -1.27. The van der Waals surface area contributed by atoms with E-state index in [2.05, 4.69) is 27.0 Å². The van der Waals surface area contributed by atoms with Crippen LogP contribution in [0.2, 0.25) is 0 Å². The van der Waals surface area contributed by atoms with Gasteiger partial charge < -0.3 is 29.3 Å². The molecule has 176 valence electrons. The first-order chi connectivity index (χ1) is 15.4. The SMILES string of the molecule is C=C(C(=O)[O-])C(C)COc1ccc(C(C)(C)c2ccc(OCC(C)C(=C)C(=O)[O-])cc2)cc1. The van der Waals surface area contributed by atoms with Crippen LogP contribution in [0.4, 0.5) is 0 Å². The van der Waals surface area contributed by atoms with Crippen molar-refractivity contribution in [2.75, 3.05) is 13.2 Å². The smallest absolute Gasteiger partial charge is 0.119 e. The highest BCUT2D eigenvalue weighted by Crippen LogP contribution is 2.33. The van der Waals surface area contributed by atoms with Gasteiger partial charge in [0.25, 0.3) is 0 Å². The predicted molar refractivity (Wildman–Crippen MR) is 123 cm³/mol. The zero-order valence-corrected chi connectivity index (χ0v) is 19.6. The van der Waals surface area contributed by atoms with Gasteiger partial charge in [0.2, 0.25) is 0 Å². The number of carboxylic acids is 2. The standard InChI is InChI=1S/C27H32O6/c1-17(19(3)25(28)29)15-32-23-11-7-21(8-12-23)27(5,6)22-9-13-24(14-10-22)33-16-18(2)20(4)26(30)31/h7-14,17-18H,3-4,15-16H2,1-2,5-6H3,(H,28,29)(H,30,31)/p-2. The number of carbonyl (C=O) groups is 2. The summed E-state index contributed by atoms with van der Waals surface area (Å²) in [6.07, 6.45) is 0. The van der Waals surface area contributed by atoms with Gasteiger partial charge in [0.05, 0.1) is 25.2 Å². The second-order valence-electron chi connectivity index (χ2n) is 8.72. The lowest BCUT2D eigenvalue weighted by Crippen LogP contribution is -2.29.